The average molecular weight is 295 g/mol. The summed E-state index contributed by atoms with van der Waals surface area (Å²) in [6, 6.07) is 5.56. The second kappa shape index (κ2) is 7.58. The third-order valence-electron chi connectivity index (χ3n) is 4.75. The molecule has 0 radical (unpaired) electrons. The van der Waals surface area contributed by atoms with Crippen molar-refractivity contribution in [1.29, 1.82) is 0 Å². The van der Waals surface area contributed by atoms with Crippen molar-refractivity contribution in [2.24, 2.45) is 11.8 Å². The molecule has 3 heteroatoms. The fourth-order valence-corrected chi connectivity index (χ4v) is 4.22. The van der Waals surface area contributed by atoms with E-state index in [-0.39, 0.29) is 0 Å². The van der Waals surface area contributed by atoms with E-state index < -0.39 is 0 Å². The minimum absolute atomic E-state index is 0.509. The van der Waals surface area contributed by atoms with E-state index >= 15 is 0 Å². The number of hydrogen-bond donors (Lipinski definition) is 1. The predicted molar refractivity (Wildman–Crippen MR) is 89.3 cm³/mol. The molecule has 0 bridgehead atoms. The lowest BCUT2D eigenvalue weighted by Crippen LogP contribution is -2.43. The zero-order valence-electron chi connectivity index (χ0n) is 13.4. The molecule has 1 saturated heterocycles. The van der Waals surface area contributed by atoms with E-state index in [2.05, 4.69) is 55.4 Å². The summed E-state index contributed by atoms with van der Waals surface area (Å²) in [6.45, 7) is 13.1. The minimum atomic E-state index is 0.509. The van der Waals surface area contributed by atoms with Crippen LogP contribution in [0.1, 0.15) is 51.5 Å². The molecule has 2 atom stereocenters. The summed E-state index contributed by atoms with van der Waals surface area (Å²) in [6.07, 6.45) is 2.69. The van der Waals surface area contributed by atoms with Crippen LogP contribution in [0.4, 0.5) is 0 Å². The summed E-state index contributed by atoms with van der Waals surface area (Å²) in [5, 5.41) is 6.10. The van der Waals surface area contributed by atoms with E-state index in [1.54, 1.807) is 0 Å². The van der Waals surface area contributed by atoms with E-state index in [1.807, 2.05) is 11.3 Å². The molecule has 1 aliphatic heterocycles. The monoisotopic (exact) mass is 294 g/mol. The molecular weight excluding hydrogens is 264 g/mol. The summed E-state index contributed by atoms with van der Waals surface area (Å²) in [5.41, 5.74) is 0. The largest absolute Gasteiger partial charge is 0.306 e. The highest BCUT2D eigenvalue weighted by molar-refractivity contribution is 7.10. The Morgan fingerprint density at radius 3 is 2.50 bits per heavy atom. The van der Waals surface area contributed by atoms with Gasteiger partial charge in [-0.2, -0.15) is 0 Å². The highest BCUT2D eigenvalue weighted by Crippen LogP contribution is 2.29. The first-order valence-electron chi connectivity index (χ1n) is 8.13. The van der Waals surface area contributed by atoms with Gasteiger partial charge in [-0.3, -0.25) is 0 Å². The van der Waals surface area contributed by atoms with Gasteiger partial charge in [-0.25, -0.2) is 0 Å². The van der Waals surface area contributed by atoms with Crippen LogP contribution < -0.4 is 5.32 Å². The van der Waals surface area contributed by atoms with Crippen LogP contribution in [0.3, 0.4) is 0 Å². The van der Waals surface area contributed by atoms with Gasteiger partial charge in [-0.05, 0) is 62.7 Å². The molecule has 0 spiro atoms. The fraction of sp³-hybridized carbons (Fsp3) is 0.765. The zero-order valence-corrected chi connectivity index (χ0v) is 14.2. The van der Waals surface area contributed by atoms with Crippen LogP contribution in [0.15, 0.2) is 17.5 Å². The number of piperidine rings is 1. The molecule has 0 aromatic carbocycles. The summed E-state index contributed by atoms with van der Waals surface area (Å²) < 4.78 is 0. The van der Waals surface area contributed by atoms with Gasteiger partial charge >= 0.3 is 0 Å². The Balaban J connectivity index is 1.90. The molecule has 1 N–H and O–H groups in total. The van der Waals surface area contributed by atoms with Crippen LogP contribution >= 0.6 is 11.3 Å². The Morgan fingerprint density at radius 1 is 1.30 bits per heavy atom. The van der Waals surface area contributed by atoms with Crippen LogP contribution in [0.2, 0.25) is 0 Å². The van der Waals surface area contributed by atoms with E-state index in [9.17, 15) is 0 Å². The van der Waals surface area contributed by atoms with Crippen LogP contribution in [0.5, 0.6) is 0 Å². The molecule has 2 nitrogen and oxygen atoms in total. The molecule has 0 amide bonds. The summed E-state index contributed by atoms with van der Waals surface area (Å²) in [4.78, 5) is 4.06. The van der Waals surface area contributed by atoms with Gasteiger partial charge < -0.3 is 10.2 Å². The van der Waals surface area contributed by atoms with Gasteiger partial charge in [0, 0.05) is 17.0 Å². The predicted octanol–water partition coefficient (Wildman–Crippen LogP) is 4.16. The van der Waals surface area contributed by atoms with Crippen molar-refractivity contribution < 1.29 is 0 Å². The van der Waals surface area contributed by atoms with Crippen molar-refractivity contribution in [3.8, 4) is 0 Å². The minimum Gasteiger partial charge on any atom is -0.306 e. The fourth-order valence-electron chi connectivity index (χ4n) is 3.26. The van der Waals surface area contributed by atoms with Crippen LogP contribution in [-0.4, -0.2) is 30.6 Å². The number of likely N-dealkylation sites (tertiary alicyclic amines) is 1. The summed E-state index contributed by atoms with van der Waals surface area (Å²) >= 11 is 1.88. The molecule has 0 saturated carbocycles. The van der Waals surface area contributed by atoms with E-state index in [0.29, 0.717) is 18.0 Å². The van der Waals surface area contributed by atoms with Gasteiger partial charge in [0.1, 0.15) is 0 Å². The maximum absolute atomic E-state index is 3.91. The van der Waals surface area contributed by atoms with Crippen molar-refractivity contribution in [2.75, 3.05) is 19.6 Å². The van der Waals surface area contributed by atoms with Crippen molar-refractivity contribution in [2.45, 2.75) is 52.6 Å². The maximum Gasteiger partial charge on any atom is 0.0440 e. The van der Waals surface area contributed by atoms with Gasteiger partial charge in [0.05, 0.1) is 0 Å². The zero-order chi connectivity index (χ0) is 14.5. The topological polar surface area (TPSA) is 15.3 Å². The second-order valence-corrected chi connectivity index (χ2v) is 7.44. The second-order valence-electron chi connectivity index (χ2n) is 6.46. The molecule has 1 fully saturated rings. The third kappa shape index (κ3) is 4.06. The maximum atomic E-state index is 3.91. The summed E-state index contributed by atoms with van der Waals surface area (Å²) in [7, 11) is 0. The molecule has 2 heterocycles. The first kappa shape index (κ1) is 16.0. The normalized spacial score (nSPS) is 21.2. The Hall–Kier alpha value is -0.380. The van der Waals surface area contributed by atoms with Crippen molar-refractivity contribution in [1.82, 2.24) is 10.2 Å². The van der Waals surface area contributed by atoms with Crippen molar-refractivity contribution >= 4 is 11.3 Å². The Morgan fingerprint density at radius 2 is 2.00 bits per heavy atom. The Bertz CT molecular complexity index is 366. The quantitative estimate of drug-likeness (QED) is 0.847. The molecular formula is C17H30N2S. The number of nitrogens with one attached hydrogen (secondary N) is 1. The third-order valence-corrected chi connectivity index (χ3v) is 5.70. The van der Waals surface area contributed by atoms with Gasteiger partial charge in [0.2, 0.25) is 0 Å². The first-order valence-corrected chi connectivity index (χ1v) is 9.01. The summed E-state index contributed by atoms with van der Waals surface area (Å²) in [5.74, 6) is 1.48. The molecule has 1 aromatic heterocycles. The van der Waals surface area contributed by atoms with E-state index in [0.717, 1.165) is 5.92 Å². The standard InChI is InChI=1S/C17H30N2S/c1-5-19-10-8-15(9-11-19)14(4)18-17(13(2)3)16-7-6-12-20-16/h6-7,12-15,17-18H,5,8-11H2,1-4H3. The first-order chi connectivity index (χ1) is 9.61. The molecule has 114 valence electrons. The van der Waals surface area contributed by atoms with Gasteiger partial charge in [0.25, 0.3) is 0 Å². The molecule has 20 heavy (non-hydrogen) atoms. The molecule has 2 unspecified atom stereocenters. The smallest absolute Gasteiger partial charge is 0.0440 e. The van der Waals surface area contributed by atoms with Gasteiger partial charge in [-0.1, -0.05) is 26.8 Å². The Kier molecular flexibility index (Phi) is 6.06. The lowest BCUT2D eigenvalue weighted by molar-refractivity contribution is 0.160. The van der Waals surface area contributed by atoms with Crippen LogP contribution in [0, 0.1) is 11.8 Å². The highest BCUT2D eigenvalue weighted by atomic mass is 32.1. The average Bonchev–Trinajstić information content (AvgIpc) is 2.98. The molecule has 1 aromatic rings. The molecule has 0 aliphatic carbocycles. The van der Waals surface area contributed by atoms with Crippen molar-refractivity contribution in [3.63, 3.8) is 0 Å². The lowest BCUT2D eigenvalue weighted by atomic mass is 9.89. The number of rotatable bonds is 6. The van der Waals surface area contributed by atoms with Crippen molar-refractivity contribution in [3.05, 3.63) is 22.4 Å². The van der Waals surface area contributed by atoms with Gasteiger partial charge in [0.15, 0.2) is 0 Å². The number of hydrogen-bond acceptors (Lipinski definition) is 3. The van der Waals surface area contributed by atoms with E-state index in [4.69, 9.17) is 0 Å². The number of thiophene rings is 1. The molecule has 1 aliphatic rings. The number of nitrogens with zero attached hydrogens (tertiary/aromatic N) is 1. The highest BCUT2D eigenvalue weighted by Gasteiger charge is 2.26. The van der Waals surface area contributed by atoms with Crippen LogP contribution in [-0.2, 0) is 0 Å². The lowest BCUT2D eigenvalue weighted by Gasteiger charge is -2.36. The SMILES string of the molecule is CCN1CCC(C(C)NC(c2cccs2)C(C)C)CC1. The van der Waals surface area contributed by atoms with Gasteiger partial charge in [-0.15, -0.1) is 11.3 Å². The molecule has 2 rings (SSSR count). The van der Waals surface area contributed by atoms with E-state index in [1.165, 1.54) is 37.4 Å². The van der Waals surface area contributed by atoms with Crippen LogP contribution in [0.25, 0.3) is 0 Å². The Labute approximate surface area is 128 Å².